The van der Waals surface area contributed by atoms with Gasteiger partial charge in [0.2, 0.25) is 0 Å². The molecule has 1 N–H and O–H groups in total. The van der Waals surface area contributed by atoms with Crippen molar-refractivity contribution in [3.05, 3.63) is 33.8 Å². The number of hydrogen-bond donors (Lipinski definition) is 1. The van der Waals surface area contributed by atoms with Gasteiger partial charge in [0, 0.05) is 23.6 Å². The van der Waals surface area contributed by atoms with Gasteiger partial charge >= 0.3 is 0 Å². The van der Waals surface area contributed by atoms with Gasteiger partial charge in [0.05, 0.1) is 0 Å². The van der Waals surface area contributed by atoms with Crippen molar-refractivity contribution < 1.29 is 0 Å². The minimum absolute atomic E-state index is 0.547. The number of likely N-dealkylation sites (tertiary alicyclic amines) is 1. The molecule has 106 valence electrons. The third-order valence-corrected chi connectivity index (χ3v) is 5.03. The van der Waals surface area contributed by atoms with Crippen LogP contribution in [0.15, 0.2) is 22.7 Å². The molecule has 0 saturated carbocycles. The van der Waals surface area contributed by atoms with Gasteiger partial charge in [-0.1, -0.05) is 40.5 Å². The number of halogens is 1. The van der Waals surface area contributed by atoms with E-state index in [1.807, 2.05) is 0 Å². The van der Waals surface area contributed by atoms with E-state index in [2.05, 4.69) is 58.2 Å². The van der Waals surface area contributed by atoms with Crippen LogP contribution in [0.5, 0.6) is 0 Å². The van der Waals surface area contributed by atoms with Gasteiger partial charge in [0.25, 0.3) is 0 Å². The third-order valence-electron chi connectivity index (χ3n) is 3.89. The topological polar surface area (TPSA) is 15.3 Å². The van der Waals surface area contributed by atoms with Gasteiger partial charge in [-0.2, -0.15) is 0 Å². The normalized spacial score (nSPS) is 18.5. The van der Waals surface area contributed by atoms with Crippen molar-refractivity contribution in [2.24, 2.45) is 0 Å². The predicted octanol–water partition coefficient (Wildman–Crippen LogP) is 3.72. The van der Waals surface area contributed by atoms with E-state index in [1.54, 1.807) is 0 Å². The summed E-state index contributed by atoms with van der Waals surface area (Å²) in [5.41, 5.74) is 2.66. The molecule has 1 aliphatic heterocycles. The molecule has 19 heavy (non-hydrogen) atoms. The molecule has 0 bridgehead atoms. The molecule has 1 unspecified atom stereocenters. The standard InChI is InChI=1S/C16H25BrN2/c1-13-7-6-8-15(16(13)17)11-18-14(2)12-19-9-4-3-5-10-19/h6-8,14,18H,3-5,9-12H2,1-2H3. The van der Waals surface area contributed by atoms with Crippen LogP contribution in [-0.4, -0.2) is 30.6 Å². The monoisotopic (exact) mass is 324 g/mol. The smallest absolute Gasteiger partial charge is 0.0249 e. The molecule has 1 aromatic carbocycles. The Morgan fingerprint density at radius 2 is 2.00 bits per heavy atom. The fourth-order valence-electron chi connectivity index (χ4n) is 2.72. The van der Waals surface area contributed by atoms with Crippen molar-refractivity contribution in [2.45, 2.75) is 45.7 Å². The zero-order valence-electron chi connectivity index (χ0n) is 12.1. The summed E-state index contributed by atoms with van der Waals surface area (Å²) in [5, 5.41) is 3.64. The summed E-state index contributed by atoms with van der Waals surface area (Å²) < 4.78 is 1.24. The fourth-order valence-corrected chi connectivity index (χ4v) is 3.13. The lowest BCUT2D eigenvalue weighted by atomic mass is 10.1. The van der Waals surface area contributed by atoms with Crippen LogP contribution >= 0.6 is 15.9 Å². The largest absolute Gasteiger partial charge is 0.309 e. The fraction of sp³-hybridized carbons (Fsp3) is 0.625. The minimum atomic E-state index is 0.547. The minimum Gasteiger partial charge on any atom is -0.309 e. The van der Waals surface area contributed by atoms with E-state index in [4.69, 9.17) is 0 Å². The van der Waals surface area contributed by atoms with Gasteiger partial charge in [-0.3, -0.25) is 0 Å². The van der Waals surface area contributed by atoms with E-state index in [0.717, 1.165) is 6.54 Å². The third kappa shape index (κ3) is 4.59. The highest BCUT2D eigenvalue weighted by atomic mass is 79.9. The summed E-state index contributed by atoms with van der Waals surface area (Å²) in [5.74, 6) is 0. The number of rotatable bonds is 5. The molecule has 1 saturated heterocycles. The quantitative estimate of drug-likeness (QED) is 0.888. The predicted molar refractivity (Wildman–Crippen MR) is 85.5 cm³/mol. The van der Waals surface area contributed by atoms with Gasteiger partial charge < -0.3 is 10.2 Å². The molecule has 1 atom stereocenters. The van der Waals surface area contributed by atoms with Gasteiger partial charge in [-0.25, -0.2) is 0 Å². The first-order chi connectivity index (χ1) is 9.16. The first-order valence-corrected chi connectivity index (χ1v) is 8.16. The van der Waals surface area contributed by atoms with Gasteiger partial charge in [-0.05, 0) is 50.9 Å². The molecule has 0 aliphatic carbocycles. The van der Waals surface area contributed by atoms with E-state index < -0.39 is 0 Å². The molecule has 2 rings (SSSR count). The van der Waals surface area contributed by atoms with Crippen molar-refractivity contribution in [3.63, 3.8) is 0 Å². The van der Waals surface area contributed by atoms with Crippen molar-refractivity contribution >= 4 is 15.9 Å². The summed E-state index contributed by atoms with van der Waals surface area (Å²) in [6.45, 7) is 9.10. The van der Waals surface area contributed by atoms with Crippen LogP contribution in [0.25, 0.3) is 0 Å². The molecule has 1 aliphatic rings. The lowest BCUT2D eigenvalue weighted by molar-refractivity contribution is 0.209. The van der Waals surface area contributed by atoms with Crippen LogP contribution in [0.1, 0.15) is 37.3 Å². The number of nitrogens with one attached hydrogen (secondary N) is 1. The second kappa shape index (κ2) is 7.41. The molecular formula is C16H25BrN2. The zero-order chi connectivity index (χ0) is 13.7. The van der Waals surface area contributed by atoms with Gasteiger partial charge in [0.1, 0.15) is 0 Å². The first kappa shape index (κ1) is 15.0. The number of benzene rings is 1. The van der Waals surface area contributed by atoms with Crippen LogP contribution in [-0.2, 0) is 6.54 Å². The maximum absolute atomic E-state index is 3.68. The Morgan fingerprint density at radius 1 is 1.26 bits per heavy atom. The van der Waals surface area contributed by atoms with Crippen molar-refractivity contribution in [3.8, 4) is 0 Å². The summed E-state index contributed by atoms with van der Waals surface area (Å²) in [7, 11) is 0. The number of nitrogens with zero attached hydrogens (tertiary/aromatic N) is 1. The maximum atomic E-state index is 3.68. The molecule has 2 nitrogen and oxygen atoms in total. The number of piperidine rings is 1. The van der Waals surface area contributed by atoms with Crippen LogP contribution in [0.3, 0.4) is 0 Å². The zero-order valence-corrected chi connectivity index (χ0v) is 13.7. The summed E-state index contributed by atoms with van der Waals surface area (Å²) >= 11 is 3.68. The van der Waals surface area contributed by atoms with Crippen molar-refractivity contribution in [1.29, 1.82) is 0 Å². The van der Waals surface area contributed by atoms with E-state index in [1.165, 1.54) is 54.5 Å². The van der Waals surface area contributed by atoms with Crippen molar-refractivity contribution in [1.82, 2.24) is 10.2 Å². The van der Waals surface area contributed by atoms with Crippen LogP contribution < -0.4 is 5.32 Å². The summed E-state index contributed by atoms with van der Waals surface area (Å²) in [4.78, 5) is 2.59. The second-order valence-corrected chi connectivity index (χ2v) is 6.48. The molecule has 1 fully saturated rings. The Labute approximate surface area is 125 Å². The molecular weight excluding hydrogens is 300 g/mol. The number of aryl methyl sites for hydroxylation is 1. The Bertz CT molecular complexity index is 400. The highest BCUT2D eigenvalue weighted by Gasteiger charge is 2.13. The van der Waals surface area contributed by atoms with E-state index >= 15 is 0 Å². The van der Waals surface area contributed by atoms with Crippen LogP contribution in [0.2, 0.25) is 0 Å². The molecule has 0 aromatic heterocycles. The van der Waals surface area contributed by atoms with Crippen LogP contribution in [0, 0.1) is 6.92 Å². The van der Waals surface area contributed by atoms with E-state index in [9.17, 15) is 0 Å². The molecule has 1 heterocycles. The molecule has 1 aromatic rings. The second-order valence-electron chi connectivity index (χ2n) is 5.69. The maximum Gasteiger partial charge on any atom is 0.0249 e. The summed E-state index contributed by atoms with van der Waals surface area (Å²) in [6, 6.07) is 7.01. The SMILES string of the molecule is Cc1cccc(CNC(C)CN2CCCCC2)c1Br. The average molecular weight is 325 g/mol. The first-order valence-electron chi connectivity index (χ1n) is 7.36. The van der Waals surface area contributed by atoms with Crippen molar-refractivity contribution in [2.75, 3.05) is 19.6 Å². The highest BCUT2D eigenvalue weighted by molar-refractivity contribution is 9.10. The lowest BCUT2D eigenvalue weighted by Crippen LogP contribution is -2.41. The Balaban J connectivity index is 1.79. The number of hydrogen-bond acceptors (Lipinski definition) is 2. The van der Waals surface area contributed by atoms with E-state index in [0.29, 0.717) is 6.04 Å². The Morgan fingerprint density at radius 3 is 2.74 bits per heavy atom. The van der Waals surface area contributed by atoms with Gasteiger partial charge in [0.15, 0.2) is 0 Å². The molecule has 0 radical (unpaired) electrons. The molecule has 0 spiro atoms. The van der Waals surface area contributed by atoms with Crippen LogP contribution in [0.4, 0.5) is 0 Å². The highest BCUT2D eigenvalue weighted by Crippen LogP contribution is 2.20. The average Bonchev–Trinajstić information content (AvgIpc) is 2.42. The van der Waals surface area contributed by atoms with Gasteiger partial charge in [-0.15, -0.1) is 0 Å². The summed E-state index contributed by atoms with van der Waals surface area (Å²) in [6.07, 6.45) is 4.15. The molecule has 0 amide bonds. The molecule has 3 heteroatoms. The lowest BCUT2D eigenvalue weighted by Gasteiger charge is -2.29. The van der Waals surface area contributed by atoms with E-state index in [-0.39, 0.29) is 0 Å². The Hall–Kier alpha value is -0.380. The Kier molecular flexibility index (Phi) is 5.86.